The van der Waals surface area contributed by atoms with Gasteiger partial charge in [0, 0.05) is 18.4 Å². The molecule has 0 aromatic heterocycles. The van der Waals surface area contributed by atoms with E-state index in [1.54, 1.807) is 48.5 Å². The van der Waals surface area contributed by atoms with Crippen molar-refractivity contribution >= 4 is 17.9 Å². The zero-order chi connectivity index (χ0) is 14.4. The molecule has 1 amide bonds. The highest BCUT2D eigenvalue weighted by Gasteiger charge is 2.26. The number of para-hydroxylation sites is 1. The van der Waals surface area contributed by atoms with Crippen LogP contribution in [0, 0.1) is 0 Å². The number of rotatable bonds is 6. The summed E-state index contributed by atoms with van der Waals surface area (Å²) >= 11 is 0. The van der Waals surface area contributed by atoms with Crippen LogP contribution < -0.4 is 4.90 Å². The Kier molecular flexibility index (Phi) is 4.63. The molecule has 0 saturated carbocycles. The van der Waals surface area contributed by atoms with Gasteiger partial charge in [-0.3, -0.25) is 14.5 Å². The molecule has 4 heteroatoms. The number of methoxy groups -OCH3 is 1. The number of Topliss-reactive ketones (excluding diaryl/α,β-unsaturated/α-hetero) is 1. The summed E-state index contributed by atoms with van der Waals surface area (Å²) in [6.07, 6.45) is -0.373. The van der Waals surface area contributed by atoms with E-state index in [0.717, 1.165) is 0 Å². The van der Waals surface area contributed by atoms with Gasteiger partial charge in [-0.1, -0.05) is 48.5 Å². The van der Waals surface area contributed by atoms with Gasteiger partial charge >= 0.3 is 0 Å². The van der Waals surface area contributed by atoms with E-state index < -0.39 is 6.23 Å². The van der Waals surface area contributed by atoms with E-state index in [4.69, 9.17) is 4.74 Å². The Morgan fingerprint density at radius 1 is 1.05 bits per heavy atom. The van der Waals surface area contributed by atoms with Gasteiger partial charge in [0.05, 0.1) is 0 Å². The molecule has 0 aliphatic carbocycles. The van der Waals surface area contributed by atoms with Gasteiger partial charge < -0.3 is 4.74 Å². The molecule has 2 aromatic rings. The Morgan fingerprint density at radius 2 is 1.60 bits per heavy atom. The van der Waals surface area contributed by atoms with Gasteiger partial charge in [0.25, 0.3) is 0 Å². The molecular formula is C16H15NO3. The first-order chi connectivity index (χ1) is 9.77. The quantitative estimate of drug-likeness (QED) is 0.460. The summed E-state index contributed by atoms with van der Waals surface area (Å²) in [5.74, 6) is -0.260. The van der Waals surface area contributed by atoms with E-state index in [1.807, 2.05) is 12.1 Å². The number of ether oxygens (including phenoxy) is 1. The molecule has 0 fully saturated rings. The summed E-state index contributed by atoms with van der Waals surface area (Å²) in [6.45, 7) is 0. The van der Waals surface area contributed by atoms with Crippen molar-refractivity contribution in [2.75, 3.05) is 12.0 Å². The second-order valence-electron chi connectivity index (χ2n) is 4.17. The molecular weight excluding hydrogens is 254 g/mol. The second-order valence-corrected chi connectivity index (χ2v) is 4.17. The Balaban J connectivity index is 2.31. The molecule has 0 aliphatic heterocycles. The van der Waals surface area contributed by atoms with Gasteiger partial charge in [-0.2, -0.15) is 0 Å². The minimum Gasteiger partial charge on any atom is -0.354 e. The topological polar surface area (TPSA) is 46.6 Å². The predicted molar refractivity (Wildman–Crippen MR) is 76.6 cm³/mol. The second kappa shape index (κ2) is 6.63. The van der Waals surface area contributed by atoms with E-state index in [9.17, 15) is 9.59 Å². The molecule has 20 heavy (non-hydrogen) atoms. The van der Waals surface area contributed by atoms with Crippen LogP contribution in [0.25, 0.3) is 0 Å². The van der Waals surface area contributed by atoms with Crippen molar-refractivity contribution in [2.24, 2.45) is 0 Å². The van der Waals surface area contributed by atoms with Crippen molar-refractivity contribution < 1.29 is 14.3 Å². The van der Waals surface area contributed by atoms with Crippen LogP contribution in [0.2, 0.25) is 0 Å². The van der Waals surface area contributed by atoms with Crippen molar-refractivity contribution in [1.82, 2.24) is 0 Å². The predicted octanol–water partition coefficient (Wildman–Crippen LogP) is 2.50. The molecule has 102 valence electrons. The number of hydrogen-bond donors (Lipinski definition) is 0. The van der Waals surface area contributed by atoms with Crippen LogP contribution in [-0.4, -0.2) is 25.5 Å². The lowest BCUT2D eigenvalue weighted by atomic mass is 10.1. The molecule has 0 aliphatic rings. The maximum Gasteiger partial charge on any atom is 0.216 e. The first-order valence-electron chi connectivity index (χ1n) is 6.18. The van der Waals surface area contributed by atoms with E-state index in [2.05, 4.69) is 0 Å². The minimum atomic E-state index is -0.975. The fraction of sp³-hybridized carbons (Fsp3) is 0.125. The van der Waals surface area contributed by atoms with Crippen molar-refractivity contribution in [2.45, 2.75) is 6.23 Å². The summed E-state index contributed by atoms with van der Waals surface area (Å²) in [5.41, 5.74) is 1.11. The van der Waals surface area contributed by atoms with Crippen molar-refractivity contribution in [1.29, 1.82) is 0 Å². The smallest absolute Gasteiger partial charge is 0.216 e. The molecule has 0 radical (unpaired) electrons. The van der Waals surface area contributed by atoms with Crippen LogP contribution in [-0.2, 0) is 9.53 Å². The normalized spacial score (nSPS) is 11.7. The van der Waals surface area contributed by atoms with Crippen molar-refractivity contribution in [3.8, 4) is 0 Å². The molecule has 0 bridgehead atoms. The number of hydrogen-bond acceptors (Lipinski definition) is 3. The van der Waals surface area contributed by atoms with Gasteiger partial charge in [0.15, 0.2) is 6.23 Å². The molecule has 2 rings (SSSR count). The zero-order valence-corrected chi connectivity index (χ0v) is 11.1. The lowest BCUT2D eigenvalue weighted by molar-refractivity contribution is -0.109. The Hall–Kier alpha value is -2.46. The summed E-state index contributed by atoms with van der Waals surface area (Å²) in [7, 11) is 1.41. The van der Waals surface area contributed by atoms with Gasteiger partial charge in [-0.25, -0.2) is 0 Å². The standard InChI is InChI=1S/C16H15NO3/c1-20-16(15(19)13-8-4-2-5-9-13)17(12-18)14-10-6-3-7-11-14/h2-12,16H,1H3. The number of carbonyl (C=O) groups excluding carboxylic acids is 2. The SMILES string of the molecule is COC(C(=O)c1ccccc1)N(C=O)c1ccccc1. The molecule has 1 atom stereocenters. The van der Waals surface area contributed by atoms with Crippen LogP contribution >= 0.6 is 0 Å². The molecule has 1 unspecified atom stereocenters. The Morgan fingerprint density at radius 3 is 2.10 bits per heavy atom. The minimum absolute atomic E-state index is 0.260. The Bertz CT molecular complexity index is 569. The lowest BCUT2D eigenvalue weighted by Gasteiger charge is -2.25. The average Bonchev–Trinajstić information content (AvgIpc) is 2.53. The Labute approximate surface area is 117 Å². The summed E-state index contributed by atoms with van der Waals surface area (Å²) in [6, 6.07) is 17.7. The van der Waals surface area contributed by atoms with E-state index in [-0.39, 0.29) is 5.78 Å². The number of nitrogens with zero attached hydrogens (tertiary/aromatic N) is 1. The van der Waals surface area contributed by atoms with E-state index in [0.29, 0.717) is 17.7 Å². The number of carbonyl (C=O) groups is 2. The lowest BCUT2D eigenvalue weighted by Crippen LogP contribution is -2.42. The van der Waals surface area contributed by atoms with Crippen LogP contribution in [0.3, 0.4) is 0 Å². The van der Waals surface area contributed by atoms with Gasteiger partial charge in [-0.05, 0) is 12.1 Å². The number of amides is 1. The molecule has 2 aromatic carbocycles. The third-order valence-corrected chi connectivity index (χ3v) is 2.93. The maximum atomic E-state index is 12.4. The largest absolute Gasteiger partial charge is 0.354 e. The number of benzene rings is 2. The van der Waals surface area contributed by atoms with Crippen LogP contribution in [0.1, 0.15) is 10.4 Å². The first kappa shape index (κ1) is 14.0. The van der Waals surface area contributed by atoms with Crippen molar-refractivity contribution in [3.63, 3.8) is 0 Å². The van der Waals surface area contributed by atoms with Crippen LogP contribution in [0.15, 0.2) is 60.7 Å². The highest BCUT2D eigenvalue weighted by Crippen LogP contribution is 2.18. The van der Waals surface area contributed by atoms with Crippen LogP contribution in [0.4, 0.5) is 5.69 Å². The third kappa shape index (κ3) is 2.92. The van der Waals surface area contributed by atoms with Crippen LogP contribution in [0.5, 0.6) is 0 Å². The van der Waals surface area contributed by atoms with E-state index >= 15 is 0 Å². The molecule has 0 spiro atoms. The first-order valence-corrected chi connectivity index (χ1v) is 6.18. The molecule has 0 N–H and O–H groups in total. The fourth-order valence-corrected chi connectivity index (χ4v) is 1.94. The summed E-state index contributed by atoms with van der Waals surface area (Å²) in [4.78, 5) is 25.0. The van der Waals surface area contributed by atoms with Gasteiger partial charge in [-0.15, -0.1) is 0 Å². The third-order valence-electron chi connectivity index (χ3n) is 2.93. The fourth-order valence-electron chi connectivity index (χ4n) is 1.94. The highest BCUT2D eigenvalue weighted by molar-refractivity contribution is 6.03. The summed E-state index contributed by atoms with van der Waals surface area (Å²) in [5, 5.41) is 0. The molecule has 0 heterocycles. The maximum absolute atomic E-state index is 12.4. The van der Waals surface area contributed by atoms with E-state index in [1.165, 1.54) is 12.0 Å². The highest BCUT2D eigenvalue weighted by atomic mass is 16.5. The van der Waals surface area contributed by atoms with Gasteiger partial charge in [0.1, 0.15) is 0 Å². The zero-order valence-electron chi connectivity index (χ0n) is 11.1. The number of ketones is 1. The molecule has 4 nitrogen and oxygen atoms in total. The average molecular weight is 269 g/mol. The number of anilines is 1. The monoisotopic (exact) mass is 269 g/mol. The van der Waals surface area contributed by atoms with Crippen molar-refractivity contribution in [3.05, 3.63) is 66.2 Å². The molecule has 0 saturated heterocycles. The van der Waals surface area contributed by atoms with Gasteiger partial charge in [0.2, 0.25) is 12.2 Å². The summed E-state index contributed by atoms with van der Waals surface area (Å²) < 4.78 is 5.22.